The number of nitrogens with zero attached hydrogens (tertiary/aromatic N) is 1. The number of nitrogens with one attached hydrogen (secondary N) is 1. The van der Waals surface area contributed by atoms with Crippen LogP contribution in [0.4, 0.5) is 5.88 Å². The number of phenols is 2. The fraction of sp³-hybridized carbons (Fsp3) is 0.294. The highest BCUT2D eigenvalue weighted by atomic mass is 16.5. The van der Waals surface area contributed by atoms with Crippen molar-refractivity contribution in [2.24, 2.45) is 0 Å². The fourth-order valence-corrected chi connectivity index (χ4v) is 3.47. The van der Waals surface area contributed by atoms with Gasteiger partial charge in [-0.3, -0.25) is 4.79 Å². The summed E-state index contributed by atoms with van der Waals surface area (Å²) in [5.74, 6) is -0.0842. The number of aromatic hydroxyl groups is 2. The second kappa shape index (κ2) is 4.87. The van der Waals surface area contributed by atoms with E-state index in [1.54, 1.807) is 6.07 Å². The van der Waals surface area contributed by atoms with Crippen LogP contribution >= 0.6 is 0 Å². The molecule has 0 amide bonds. The van der Waals surface area contributed by atoms with Gasteiger partial charge in [0.1, 0.15) is 0 Å². The van der Waals surface area contributed by atoms with Crippen molar-refractivity contribution in [1.82, 2.24) is 5.16 Å². The molecule has 4 rings (SSSR count). The molecule has 3 N–H and O–H groups in total. The number of aromatic nitrogens is 1. The maximum absolute atomic E-state index is 12.5. The highest BCUT2D eigenvalue weighted by Crippen LogP contribution is 2.47. The Morgan fingerprint density at radius 1 is 1.26 bits per heavy atom. The Balaban J connectivity index is 1.95. The van der Waals surface area contributed by atoms with Crippen LogP contribution in [0.3, 0.4) is 0 Å². The molecule has 118 valence electrons. The summed E-state index contributed by atoms with van der Waals surface area (Å²) in [5, 5.41) is 26.6. The van der Waals surface area contributed by atoms with E-state index in [2.05, 4.69) is 10.5 Å². The van der Waals surface area contributed by atoms with E-state index < -0.39 is 0 Å². The highest BCUT2D eigenvalue weighted by molar-refractivity contribution is 6.01. The van der Waals surface area contributed by atoms with Gasteiger partial charge in [0.2, 0.25) is 5.88 Å². The molecule has 2 aliphatic rings. The van der Waals surface area contributed by atoms with E-state index in [0.29, 0.717) is 23.6 Å². The zero-order chi connectivity index (χ0) is 16.1. The first-order chi connectivity index (χ1) is 11.1. The van der Waals surface area contributed by atoms with Gasteiger partial charge in [-0.05, 0) is 37.5 Å². The number of ketones is 1. The summed E-state index contributed by atoms with van der Waals surface area (Å²) in [6.07, 6.45) is 2.10. The Morgan fingerprint density at radius 2 is 2.09 bits per heavy atom. The molecule has 6 nitrogen and oxygen atoms in total. The molecule has 1 aromatic carbocycles. The van der Waals surface area contributed by atoms with Gasteiger partial charge in [0, 0.05) is 23.6 Å². The lowest BCUT2D eigenvalue weighted by Gasteiger charge is -2.31. The number of aryl methyl sites for hydroxylation is 1. The molecule has 1 aliphatic heterocycles. The fourth-order valence-electron chi connectivity index (χ4n) is 3.47. The van der Waals surface area contributed by atoms with Crippen molar-refractivity contribution < 1.29 is 19.5 Å². The second-order valence-electron chi connectivity index (χ2n) is 5.99. The number of hydrogen-bond donors (Lipinski definition) is 3. The molecule has 0 saturated carbocycles. The van der Waals surface area contributed by atoms with Gasteiger partial charge in [-0.2, -0.15) is 0 Å². The average Bonchev–Trinajstić information content (AvgIpc) is 2.90. The van der Waals surface area contributed by atoms with Crippen LogP contribution in [0.15, 0.2) is 34.0 Å². The summed E-state index contributed by atoms with van der Waals surface area (Å²) < 4.78 is 5.36. The third kappa shape index (κ3) is 2.02. The Morgan fingerprint density at radius 3 is 2.87 bits per heavy atom. The molecule has 1 atom stereocenters. The number of hydrogen-bond acceptors (Lipinski definition) is 6. The minimum atomic E-state index is -0.341. The average molecular weight is 312 g/mol. The first-order valence-corrected chi connectivity index (χ1v) is 7.57. The van der Waals surface area contributed by atoms with Gasteiger partial charge < -0.3 is 20.1 Å². The van der Waals surface area contributed by atoms with Gasteiger partial charge in [-0.25, -0.2) is 0 Å². The summed E-state index contributed by atoms with van der Waals surface area (Å²) >= 11 is 0. The zero-order valence-corrected chi connectivity index (χ0v) is 12.6. The molecule has 0 bridgehead atoms. The molecule has 2 heterocycles. The third-order valence-corrected chi connectivity index (χ3v) is 4.54. The Hall–Kier alpha value is -2.76. The number of anilines is 1. The number of fused-ring (bicyclic) bond motifs is 1. The number of allylic oxidation sites excluding steroid dienone is 2. The number of benzene rings is 1. The van der Waals surface area contributed by atoms with Gasteiger partial charge in [-0.1, -0.05) is 11.2 Å². The topological polar surface area (TPSA) is 95.6 Å². The lowest BCUT2D eigenvalue weighted by molar-refractivity contribution is -0.116. The smallest absolute Gasteiger partial charge is 0.233 e. The zero-order valence-electron chi connectivity index (χ0n) is 12.6. The molecule has 23 heavy (non-hydrogen) atoms. The Kier molecular flexibility index (Phi) is 2.94. The first kappa shape index (κ1) is 13.9. The largest absolute Gasteiger partial charge is 0.504 e. The van der Waals surface area contributed by atoms with Crippen LogP contribution in [-0.4, -0.2) is 21.2 Å². The number of Topliss-reactive ketones (excluding diaryl/α,β-unsaturated/α-hetero) is 1. The van der Waals surface area contributed by atoms with Crippen LogP contribution in [-0.2, 0) is 4.79 Å². The molecule has 0 spiro atoms. The van der Waals surface area contributed by atoms with E-state index >= 15 is 0 Å². The van der Waals surface area contributed by atoms with Gasteiger partial charge in [0.15, 0.2) is 17.3 Å². The standard InChI is InChI=1S/C17H16N2O4/c1-8-14-15(9-5-6-11(20)13(22)7-9)16-10(3-2-4-12(16)21)18-17(14)23-19-8/h5-7,15,18,20,22H,2-4H2,1H3/t15-/m0/s1. The van der Waals surface area contributed by atoms with E-state index in [1.807, 2.05) is 6.92 Å². The van der Waals surface area contributed by atoms with Crippen molar-refractivity contribution in [2.45, 2.75) is 32.1 Å². The molecule has 1 aromatic heterocycles. The molecule has 6 heteroatoms. The molecule has 0 saturated heterocycles. The van der Waals surface area contributed by atoms with E-state index in [9.17, 15) is 15.0 Å². The van der Waals surface area contributed by atoms with Crippen molar-refractivity contribution in [3.63, 3.8) is 0 Å². The second-order valence-corrected chi connectivity index (χ2v) is 5.99. The van der Waals surface area contributed by atoms with E-state index in [4.69, 9.17) is 4.52 Å². The van der Waals surface area contributed by atoms with Crippen molar-refractivity contribution >= 4 is 11.7 Å². The van der Waals surface area contributed by atoms with Crippen molar-refractivity contribution in [3.05, 3.63) is 46.3 Å². The highest BCUT2D eigenvalue weighted by Gasteiger charge is 2.38. The predicted molar refractivity (Wildman–Crippen MR) is 82.4 cm³/mol. The van der Waals surface area contributed by atoms with Gasteiger partial charge in [0.05, 0.1) is 11.3 Å². The monoisotopic (exact) mass is 312 g/mol. The van der Waals surface area contributed by atoms with Crippen molar-refractivity contribution in [2.75, 3.05) is 5.32 Å². The van der Waals surface area contributed by atoms with E-state index in [-0.39, 0.29) is 23.2 Å². The minimum absolute atomic E-state index is 0.0996. The number of carbonyl (C=O) groups excluding carboxylic acids is 1. The maximum Gasteiger partial charge on any atom is 0.233 e. The molecule has 0 unspecified atom stereocenters. The number of rotatable bonds is 1. The quantitative estimate of drug-likeness (QED) is 0.701. The summed E-state index contributed by atoms with van der Waals surface area (Å²) in [6.45, 7) is 1.83. The molecule has 1 aliphatic carbocycles. The number of carbonyl (C=O) groups is 1. The van der Waals surface area contributed by atoms with Crippen LogP contribution in [0, 0.1) is 6.92 Å². The Labute approximate surface area is 132 Å². The molecule has 2 aromatic rings. The molecule has 0 radical (unpaired) electrons. The van der Waals surface area contributed by atoms with Crippen molar-refractivity contribution in [3.8, 4) is 11.5 Å². The maximum atomic E-state index is 12.5. The van der Waals surface area contributed by atoms with Gasteiger partial charge >= 0.3 is 0 Å². The van der Waals surface area contributed by atoms with Crippen LogP contribution in [0.5, 0.6) is 11.5 Å². The van der Waals surface area contributed by atoms with E-state index in [1.165, 1.54) is 12.1 Å². The van der Waals surface area contributed by atoms with Crippen LogP contribution in [0.2, 0.25) is 0 Å². The summed E-state index contributed by atoms with van der Waals surface area (Å²) in [4.78, 5) is 12.5. The molecule has 0 fully saturated rings. The SMILES string of the molecule is Cc1noc2c1[C@H](c1ccc(O)c(O)c1)C1=C(CCCC1=O)N2. The van der Waals surface area contributed by atoms with Crippen LogP contribution in [0.25, 0.3) is 0 Å². The van der Waals surface area contributed by atoms with Gasteiger partial charge in [-0.15, -0.1) is 0 Å². The summed E-state index contributed by atoms with van der Waals surface area (Å²) in [5.41, 5.74) is 3.82. The van der Waals surface area contributed by atoms with E-state index in [0.717, 1.165) is 29.7 Å². The Bertz CT molecular complexity index is 850. The first-order valence-electron chi connectivity index (χ1n) is 7.57. The predicted octanol–water partition coefficient (Wildman–Crippen LogP) is 2.96. The molecular formula is C17H16N2O4. The number of phenolic OH excluding ortho intramolecular Hbond substituents is 2. The van der Waals surface area contributed by atoms with Crippen LogP contribution < -0.4 is 5.32 Å². The van der Waals surface area contributed by atoms with Crippen LogP contribution in [0.1, 0.15) is 42.0 Å². The lowest BCUT2D eigenvalue weighted by atomic mass is 9.76. The third-order valence-electron chi connectivity index (χ3n) is 4.54. The van der Waals surface area contributed by atoms with Crippen molar-refractivity contribution in [1.29, 1.82) is 0 Å². The summed E-state index contributed by atoms with van der Waals surface area (Å²) in [7, 11) is 0. The normalized spacial score (nSPS) is 20.0. The summed E-state index contributed by atoms with van der Waals surface area (Å²) in [6, 6.07) is 4.64. The molecular weight excluding hydrogens is 296 g/mol. The lowest BCUT2D eigenvalue weighted by Crippen LogP contribution is -2.26. The minimum Gasteiger partial charge on any atom is -0.504 e. The van der Waals surface area contributed by atoms with Gasteiger partial charge in [0.25, 0.3) is 0 Å².